The molecular weight excluding hydrogens is 397 g/mol. The van der Waals surface area contributed by atoms with Crippen molar-refractivity contribution in [2.24, 2.45) is 5.10 Å². The van der Waals surface area contributed by atoms with Gasteiger partial charge in [-0.05, 0) is 42.5 Å². The summed E-state index contributed by atoms with van der Waals surface area (Å²) in [5.74, 6) is -0.793. The summed E-state index contributed by atoms with van der Waals surface area (Å²) < 4.78 is 19.0. The lowest BCUT2D eigenvalue weighted by atomic mass is 10.1. The van der Waals surface area contributed by atoms with Crippen molar-refractivity contribution >= 4 is 28.9 Å². The van der Waals surface area contributed by atoms with Gasteiger partial charge >= 0.3 is 0 Å². The fraction of sp³-hybridized carbons (Fsp3) is 0.238. The Morgan fingerprint density at radius 3 is 2.72 bits per heavy atom. The maximum absolute atomic E-state index is 13.8. The Kier molecular flexibility index (Phi) is 5.62. The molecule has 2 aromatic rings. The Hall–Kier alpha value is -2.74. The minimum atomic E-state index is -0.805. The number of anilines is 1. The Bertz CT molecular complexity index is 964. The summed E-state index contributed by atoms with van der Waals surface area (Å²) in [6.07, 6.45) is 2.67. The molecule has 2 aliphatic rings. The van der Waals surface area contributed by atoms with E-state index < -0.39 is 24.0 Å². The van der Waals surface area contributed by atoms with Gasteiger partial charge in [0.15, 0.2) is 0 Å². The number of nitrogens with one attached hydrogen (secondary N) is 1. The molecule has 0 bridgehead atoms. The number of amides is 1. The lowest BCUT2D eigenvalue weighted by molar-refractivity contribution is -0.122. The number of carbonyl (C=O) groups excluding carboxylic acids is 1. The van der Waals surface area contributed by atoms with Gasteiger partial charge in [0.05, 0.1) is 36.8 Å². The summed E-state index contributed by atoms with van der Waals surface area (Å²) in [4.78, 5) is 12.9. The van der Waals surface area contributed by atoms with E-state index in [0.717, 1.165) is 5.56 Å². The predicted molar refractivity (Wildman–Crippen MR) is 109 cm³/mol. The summed E-state index contributed by atoms with van der Waals surface area (Å²) in [5.41, 5.74) is 1.86. The number of carbonyl (C=O) groups is 1. The molecule has 1 unspecified atom stereocenters. The average Bonchev–Trinajstić information content (AvgIpc) is 3.12. The second-order valence-corrected chi connectivity index (χ2v) is 7.28. The summed E-state index contributed by atoms with van der Waals surface area (Å²) in [6.45, 7) is 0.417. The zero-order valence-corrected chi connectivity index (χ0v) is 16.1. The van der Waals surface area contributed by atoms with Crippen LogP contribution in [0.4, 0.5) is 10.1 Å². The van der Waals surface area contributed by atoms with Crippen molar-refractivity contribution in [3.63, 3.8) is 0 Å². The monoisotopic (exact) mass is 415 g/mol. The summed E-state index contributed by atoms with van der Waals surface area (Å²) in [7, 11) is 0. The molecule has 2 aliphatic heterocycles. The molecule has 0 spiro atoms. The molecule has 150 valence electrons. The molecule has 1 amide bonds. The molecule has 0 aromatic heterocycles. The zero-order valence-electron chi connectivity index (χ0n) is 15.3. The highest BCUT2D eigenvalue weighted by atomic mass is 35.5. The number of aliphatic hydroxyl groups excluding tert-OH is 1. The third-order valence-electron chi connectivity index (χ3n) is 4.77. The van der Waals surface area contributed by atoms with Gasteiger partial charge in [-0.2, -0.15) is 5.10 Å². The van der Waals surface area contributed by atoms with E-state index in [0.29, 0.717) is 16.4 Å². The van der Waals surface area contributed by atoms with Gasteiger partial charge in [-0.1, -0.05) is 29.8 Å². The molecule has 2 heterocycles. The molecular formula is C21H19ClFN3O3. The van der Waals surface area contributed by atoms with Crippen molar-refractivity contribution in [2.45, 2.75) is 18.2 Å². The average molecular weight is 416 g/mol. The Morgan fingerprint density at radius 1 is 1.24 bits per heavy atom. The van der Waals surface area contributed by atoms with Crippen LogP contribution in [0.5, 0.6) is 0 Å². The number of halogens is 2. The molecule has 4 rings (SSSR count). The molecule has 1 fully saturated rings. The Morgan fingerprint density at radius 2 is 2.03 bits per heavy atom. The highest BCUT2D eigenvalue weighted by Gasteiger charge is 2.33. The molecule has 0 saturated carbocycles. The lowest BCUT2D eigenvalue weighted by Gasteiger charge is -2.30. The number of aliphatic hydroxyl groups is 1. The van der Waals surface area contributed by atoms with E-state index in [2.05, 4.69) is 10.4 Å². The van der Waals surface area contributed by atoms with E-state index in [9.17, 15) is 14.3 Å². The maximum atomic E-state index is 13.8. The molecule has 6 nitrogen and oxygen atoms in total. The van der Waals surface area contributed by atoms with E-state index in [1.165, 1.54) is 17.1 Å². The van der Waals surface area contributed by atoms with Crippen LogP contribution in [-0.2, 0) is 9.53 Å². The minimum Gasteiger partial charge on any atom is -0.388 e. The molecule has 29 heavy (non-hydrogen) atoms. The minimum absolute atomic E-state index is 0.179. The highest BCUT2D eigenvalue weighted by Crippen LogP contribution is 2.24. The first-order valence-corrected chi connectivity index (χ1v) is 9.53. The SMILES string of the molecule is O=C(N[C@H]1COC[C@@H]1O)C1C=CC(c2ccc(Cl)cc2)=NN1c1cccc(F)c1. The quantitative estimate of drug-likeness (QED) is 0.804. The first kappa shape index (κ1) is 19.6. The van der Waals surface area contributed by atoms with Crippen LogP contribution in [0.3, 0.4) is 0 Å². The van der Waals surface area contributed by atoms with Crippen molar-refractivity contribution in [1.29, 1.82) is 0 Å². The van der Waals surface area contributed by atoms with Crippen molar-refractivity contribution < 1.29 is 19.0 Å². The lowest BCUT2D eigenvalue weighted by Crippen LogP contribution is -2.51. The molecule has 0 radical (unpaired) electrons. The van der Waals surface area contributed by atoms with E-state index in [1.807, 2.05) is 12.1 Å². The number of hydrogen-bond acceptors (Lipinski definition) is 5. The number of benzene rings is 2. The number of hydrogen-bond donors (Lipinski definition) is 2. The van der Waals surface area contributed by atoms with Gasteiger partial charge in [0.1, 0.15) is 11.9 Å². The van der Waals surface area contributed by atoms with Gasteiger partial charge in [0, 0.05) is 10.6 Å². The van der Waals surface area contributed by atoms with Crippen LogP contribution in [0.1, 0.15) is 5.56 Å². The summed E-state index contributed by atoms with van der Waals surface area (Å²) >= 11 is 5.96. The summed E-state index contributed by atoms with van der Waals surface area (Å²) in [5, 5.41) is 19.4. The second-order valence-electron chi connectivity index (χ2n) is 6.84. The first-order valence-electron chi connectivity index (χ1n) is 9.15. The largest absolute Gasteiger partial charge is 0.388 e. The topological polar surface area (TPSA) is 74.2 Å². The van der Waals surface area contributed by atoms with Gasteiger partial charge in [0.25, 0.3) is 0 Å². The third-order valence-corrected chi connectivity index (χ3v) is 5.03. The van der Waals surface area contributed by atoms with Gasteiger partial charge in [-0.15, -0.1) is 0 Å². The highest BCUT2D eigenvalue weighted by molar-refractivity contribution is 6.30. The zero-order chi connectivity index (χ0) is 20.4. The fourth-order valence-electron chi connectivity index (χ4n) is 3.23. The number of nitrogens with zero attached hydrogens (tertiary/aromatic N) is 2. The third kappa shape index (κ3) is 4.32. The number of allylic oxidation sites excluding steroid dienone is 1. The van der Waals surface area contributed by atoms with Crippen molar-refractivity contribution in [1.82, 2.24) is 5.32 Å². The standard InChI is InChI=1S/C21H19ClFN3O3/c22-14-6-4-13(5-7-14)17-8-9-19(21(28)24-18-11-29-12-20(18)27)26(25-17)16-3-1-2-15(23)10-16/h1-10,18-20,27H,11-12H2,(H,24,28)/t18-,19?,20-/m0/s1. The Balaban J connectivity index is 1.65. The van der Waals surface area contributed by atoms with Gasteiger partial charge < -0.3 is 15.2 Å². The van der Waals surface area contributed by atoms with Gasteiger partial charge in [-0.25, -0.2) is 9.40 Å². The van der Waals surface area contributed by atoms with Gasteiger partial charge in [0.2, 0.25) is 5.91 Å². The van der Waals surface area contributed by atoms with Gasteiger partial charge in [-0.3, -0.25) is 4.79 Å². The predicted octanol–water partition coefficient (Wildman–Crippen LogP) is 2.50. The molecule has 8 heteroatoms. The Labute approximate surface area is 172 Å². The number of ether oxygens (including phenoxy) is 1. The van der Waals surface area contributed by atoms with Crippen molar-refractivity contribution in [2.75, 3.05) is 18.2 Å². The fourth-order valence-corrected chi connectivity index (χ4v) is 3.36. The molecule has 2 aromatic carbocycles. The van der Waals surface area contributed by atoms with E-state index >= 15 is 0 Å². The van der Waals surface area contributed by atoms with Crippen LogP contribution < -0.4 is 10.3 Å². The van der Waals surface area contributed by atoms with E-state index in [1.54, 1.807) is 36.4 Å². The van der Waals surface area contributed by atoms with Crippen LogP contribution in [0.25, 0.3) is 0 Å². The van der Waals surface area contributed by atoms with Crippen LogP contribution in [0.2, 0.25) is 5.02 Å². The second kappa shape index (κ2) is 8.32. The van der Waals surface area contributed by atoms with Crippen LogP contribution in [0.15, 0.2) is 65.8 Å². The smallest absolute Gasteiger partial charge is 0.249 e. The van der Waals surface area contributed by atoms with E-state index in [-0.39, 0.29) is 19.1 Å². The molecule has 0 aliphatic carbocycles. The first-order chi connectivity index (χ1) is 14.0. The summed E-state index contributed by atoms with van der Waals surface area (Å²) in [6, 6.07) is 11.7. The number of hydrazone groups is 1. The number of rotatable bonds is 4. The van der Waals surface area contributed by atoms with E-state index in [4.69, 9.17) is 16.3 Å². The van der Waals surface area contributed by atoms with Crippen LogP contribution in [0, 0.1) is 5.82 Å². The van der Waals surface area contributed by atoms with Crippen LogP contribution in [-0.4, -0.2) is 48.1 Å². The van der Waals surface area contributed by atoms with Crippen LogP contribution >= 0.6 is 11.6 Å². The normalized spacial score (nSPS) is 23.8. The molecule has 2 N–H and O–H groups in total. The molecule has 3 atom stereocenters. The maximum Gasteiger partial charge on any atom is 0.249 e. The van der Waals surface area contributed by atoms with Crippen molar-refractivity contribution in [3.05, 3.63) is 77.1 Å². The van der Waals surface area contributed by atoms with Crippen molar-refractivity contribution in [3.8, 4) is 0 Å². The molecule has 1 saturated heterocycles.